The predicted molar refractivity (Wildman–Crippen MR) is 134 cm³/mol. The first-order chi connectivity index (χ1) is 15.9. The number of nitrogens with one attached hydrogen (secondary N) is 1. The average Bonchev–Trinajstić information content (AvgIpc) is 2.78. The second-order valence-electron chi connectivity index (χ2n) is 8.79. The SMILES string of the molecule is COc1ccc(CN(C(=O)CN(c2cccc(C)c2)S(C)(=O)=O)[C@@H](C)C(=O)NCC(C)C)cc1. The van der Waals surface area contributed by atoms with Gasteiger partial charge in [-0.05, 0) is 55.2 Å². The zero-order valence-electron chi connectivity index (χ0n) is 20.7. The van der Waals surface area contributed by atoms with Crippen LogP contribution in [0.4, 0.5) is 5.69 Å². The Hall–Kier alpha value is -3.07. The minimum atomic E-state index is -3.74. The van der Waals surface area contributed by atoms with E-state index in [4.69, 9.17) is 4.74 Å². The predicted octanol–water partition coefficient (Wildman–Crippen LogP) is 2.96. The standard InChI is InChI=1S/C25H35N3O5S/c1-18(2)15-26-25(30)20(4)27(16-21-10-12-23(33-5)13-11-21)24(29)17-28(34(6,31)32)22-9-7-8-19(3)14-22/h7-14,18,20H,15-17H2,1-6H3,(H,26,30)/t20-/m0/s1. The summed E-state index contributed by atoms with van der Waals surface area (Å²) >= 11 is 0. The molecule has 0 bridgehead atoms. The maximum atomic E-state index is 13.5. The number of benzene rings is 2. The first kappa shape index (κ1) is 27.2. The summed E-state index contributed by atoms with van der Waals surface area (Å²) < 4.78 is 31.4. The zero-order valence-corrected chi connectivity index (χ0v) is 21.6. The maximum Gasteiger partial charge on any atom is 0.244 e. The molecule has 2 rings (SSSR count). The molecular formula is C25H35N3O5S. The summed E-state index contributed by atoms with van der Waals surface area (Å²) in [5, 5.41) is 2.86. The van der Waals surface area contributed by atoms with Crippen LogP contribution in [0.1, 0.15) is 31.9 Å². The van der Waals surface area contributed by atoms with Gasteiger partial charge >= 0.3 is 0 Å². The molecule has 0 saturated carbocycles. The van der Waals surface area contributed by atoms with Crippen LogP contribution in [0.5, 0.6) is 5.75 Å². The van der Waals surface area contributed by atoms with Crippen molar-refractivity contribution in [3.05, 3.63) is 59.7 Å². The lowest BCUT2D eigenvalue weighted by atomic mass is 10.1. The van der Waals surface area contributed by atoms with E-state index in [1.54, 1.807) is 44.4 Å². The lowest BCUT2D eigenvalue weighted by molar-refractivity contribution is -0.139. The van der Waals surface area contributed by atoms with Crippen LogP contribution in [0.25, 0.3) is 0 Å². The Morgan fingerprint density at radius 1 is 1.06 bits per heavy atom. The van der Waals surface area contributed by atoms with E-state index in [-0.39, 0.29) is 18.4 Å². The van der Waals surface area contributed by atoms with E-state index in [9.17, 15) is 18.0 Å². The van der Waals surface area contributed by atoms with Crippen molar-refractivity contribution in [2.45, 2.75) is 40.3 Å². The van der Waals surface area contributed by atoms with E-state index < -0.39 is 28.5 Å². The Labute approximate surface area is 202 Å². The summed E-state index contributed by atoms with van der Waals surface area (Å²) in [6, 6.07) is 13.3. The fourth-order valence-corrected chi connectivity index (χ4v) is 4.20. The molecule has 1 N–H and O–H groups in total. The molecule has 0 radical (unpaired) electrons. The van der Waals surface area contributed by atoms with Crippen LogP contribution in [-0.4, -0.2) is 57.6 Å². The van der Waals surface area contributed by atoms with Crippen LogP contribution in [0, 0.1) is 12.8 Å². The molecule has 2 aromatic carbocycles. The van der Waals surface area contributed by atoms with Crippen LogP contribution in [0.2, 0.25) is 0 Å². The largest absolute Gasteiger partial charge is 0.497 e. The number of carbonyl (C=O) groups is 2. The number of aryl methyl sites for hydroxylation is 1. The van der Waals surface area contributed by atoms with Crippen LogP contribution in [0.15, 0.2) is 48.5 Å². The number of carbonyl (C=O) groups excluding carboxylic acids is 2. The van der Waals surface area contributed by atoms with E-state index in [2.05, 4.69) is 5.32 Å². The van der Waals surface area contributed by atoms with Crippen LogP contribution >= 0.6 is 0 Å². The first-order valence-electron chi connectivity index (χ1n) is 11.2. The van der Waals surface area contributed by atoms with Gasteiger partial charge in [0.15, 0.2) is 0 Å². The Kier molecular flexibility index (Phi) is 9.49. The van der Waals surface area contributed by atoms with E-state index in [1.807, 2.05) is 39.0 Å². The van der Waals surface area contributed by atoms with Gasteiger partial charge in [0.25, 0.3) is 0 Å². The highest BCUT2D eigenvalue weighted by atomic mass is 32.2. The van der Waals surface area contributed by atoms with Gasteiger partial charge in [0, 0.05) is 13.1 Å². The summed E-state index contributed by atoms with van der Waals surface area (Å²) in [7, 11) is -2.18. The molecule has 8 nitrogen and oxygen atoms in total. The monoisotopic (exact) mass is 489 g/mol. The van der Waals surface area contributed by atoms with Crippen molar-refractivity contribution in [2.24, 2.45) is 5.92 Å². The zero-order chi connectivity index (χ0) is 25.5. The smallest absolute Gasteiger partial charge is 0.244 e. The Morgan fingerprint density at radius 3 is 2.24 bits per heavy atom. The van der Waals surface area contributed by atoms with Crippen LogP contribution in [0.3, 0.4) is 0 Å². The molecule has 0 fully saturated rings. The Bertz CT molecular complexity index is 1080. The number of anilines is 1. The minimum absolute atomic E-state index is 0.143. The first-order valence-corrected chi connectivity index (χ1v) is 13.0. The summed E-state index contributed by atoms with van der Waals surface area (Å²) in [5.41, 5.74) is 2.06. The Morgan fingerprint density at radius 2 is 1.71 bits per heavy atom. The minimum Gasteiger partial charge on any atom is -0.497 e. The number of ether oxygens (including phenoxy) is 1. The van der Waals surface area contributed by atoms with Crippen molar-refractivity contribution in [3.63, 3.8) is 0 Å². The van der Waals surface area contributed by atoms with Gasteiger partial charge in [0.1, 0.15) is 18.3 Å². The van der Waals surface area contributed by atoms with Crippen LogP contribution in [-0.2, 0) is 26.2 Å². The summed E-state index contributed by atoms with van der Waals surface area (Å²) in [5.74, 6) is 0.156. The second kappa shape index (κ2) is 11.9. The molecule has 0 heterocycles. The molecule has 9 heteroatoms. The number of amides is 2. The van der Waals surface area contributed by atoms with Crippen molar-refractivity contribution < 1.29 is 22.7 Å². The van der Waals surface area contributed by atoms with Crippen LogP contribution < -0.4 is 14.4 Å². The van der Waals surface area contributed by atoms with Crippen molar-refractivity contribution in [2.75, 3.05) is 30.8 Å². The molecule has 0 aromatic heterocycles. The fraction of sp³-hybridized carbons (Fsp3) is 0.440. The molecule has 0 aliphatic rings. The van der Waals surface area contributed by atoms with Gasteiger partial charge < -0.3 is 15.0 Å². The molecule has 2 aromatic rings. The number of hydrogen-bond donors (Lipinski definition) is 1. The highest BCUT2D eigenvalue weighted by Gasteiger charge is 2.30. The number of nitrogens with zero attached hydrogens (tertiary/aromatic N) is 2. The summed E-state index contributed by atoms with van der Waals surface area (Å²) in [6.07, 6.45) is 1.06. The van der Waals surface area contributed by atoms with E-state index >= 15 is 0 Å². The molecule has 0 aliphatic carbocycles. The van der Waals surface area contributed by atoms with Gasteiger partial charge in [0.05, 0.1) is 19.1 Å². The fourth-order valence-electron chi connectivity index (χ4n) is 3.36. The normalized spacial score (nSPS) is 12.2. The lowest BCUT2D eigenvalue weighted by Crippen LogP contribution is -2.51. The van der Waals surface area contributed by atoms with Crippen molar-refractivity contribution >= 4 is 27.5 Å². The average molecular weight is 490 g/mol. The molecular weight excluding hydrogens is 454 g/mol. The van der Waals surface area contributed by atoms with Gasteiger partial charge in [-0.3, -0.25) is 13.9 Å². The van der Waals surface area contributed by atoms with E-state index in [0.29, 0.717) is 18.0 Å². The number of rotatable bonds is 11. The maximum absolute atomic E-state index is 13.5. The molecule has 186 valence electrons. The van der Waals surface area contributed by atoms with Gasteiger partial charge in [-0.15, -0.1) is 0 Å². The number of sulfonamides is 1. The van der Waals surface area contributed by atoms with Gasteiger partial charge in [-0.2, -0.15) is 0 Å². The third-order valence-corrected chi connectivity index (χ3v) is 6.47. The van der Waals surface area contributed by atoms with Gasteiger partial charge in [-0.25, -0.2) is 8.42 Å². The molecule has 1 atom stereocenters. The van der Waals surface area contributed by atoms with E-state index in [0.717, 1.165) is 21.7 Å². The topological polar surface area (TPSA) is 96.0 Å². The molecule has 0 saturated heterocycles. The van der Waals surface area contributed by atoms with E-state index in [1.165, 1.54) is 4.90 Å². The summed E-state index contributed by atoms with van der Waals surface area (Å²) in [4.78, 5) is 27.7. The molecule has 0 spiro atoms. The highest BCUT2D eigenvalue weighted by Crippen LogP contribution is 2.21. The lowest BCUT2D eigenvalue weighted by Gasteiger charge is -2.31. The van der Waals surface area contributed by atoms with Crippen molar-refractivity contribution in [1.29, 1.82) is 0 Å². The molecule has 2 amide bonds. The summed E-state index contributed by atoms with van der Waals surface area (Å²) in [6.45, 7) is 7.67. The molecule has 0 aliphatic heterocycles. The quantitative estimate of drug-likeness (QED) is 0.524. The third-order valence-electron chi connectivity index (χ3n) is 5.33. The molecule has 0 unspecified atom stereocenters. The highest BCUT2D eigenvalue weighted by molar-refractivity contribution is 7.92. The Balaban J connectivity index is 2.36. The molecule has 34 heavy (non-hydrogen) atoms. The third kappa shape index (κ3) is 7.76. The van der Waals surface area contributed by atoms with Crippen molar-refractivity contribution in [3.8, 4) is 5.75 Å². The van der Waals surface area contributed by atoms with Gasteiger partial charge in [0.2, 0.25) is 21.8 Å². The van der Waals surface area contributed by atoms with Gasteiger partial charge in [-0.1, -0.05) is 38.1 Å². The second-order valence-corrected chi connectivity index (χ2v) is 10.7. The number of methoxy groups -OCH3 is 1. The number of hydrogen-bond acceptors (Lipinski definition) is 5. The van der Waals surface area contributed by atoms with Crippen molar-refractivity contribution in [1.82, 2.24) is 10.2 Å².